The molecule has 2 unspecified atom stereocenters. The van der Waals surface area contributed by atoms with Gasteiger partial charge in [-0.1, -0.05) is 91.0 Å². The van der Waals surface area contributed by atoms with E-state index in [0.29, 0.717) is 51.9 Å². The van der Waals surface area contributed by atoms with Gasteiger partial charge < -0.3 is 61.7 Å². The Kier molecular flexibility index (Phi) is 29.4. The number of aliphatic carboxylic acids is 1. The molecule has 4 aromatic carbocycles. The molecule has 0 aromatic heterocycles. The third kappa shape index (κ3) is 21.6. The van der Waals surface area contributed by atoms with Crippen LogP contribution in [-0.4, -0.2) is 136 Å². The Hall–Kier alpha value is -6.60. The first kappa shape index (κ1) is 74.7. The summed E-state index contributed by atoms with van der Waals surface area (Å²) in [5.41, 5.74) is -2.68. The van der Waals surface area contributed by atoms with Crippen molar-refractivity contribution in [3.8, 4) is 5.75 Å². The van der Waals surface area contributed by atoms with Crippen LogP contribution in [0.5, 0.6) is 5.75 Å². The maximum absolute atomic E-state index is 13.7. The number of esters is 1. The number of amides is 3. The number of carbonyl (C=O) groups is 5. The molecule has 16 nitrogen and oxygen atoms in total. The second kappa shape index (κ2) is 34.2. The second-order valence-electron chi connectivity index (χ2n) is 20.9. The van der Waals surface area contributed by atoms with Gasteiger partial charge in [0.15, 0.2) is 11.2 Å². The zero-order valence-electron chi connectivity index (χ0n) is 47.7. The summed E-state index contributed by atoms with van der Waals surface area (Å²) in [5, 5.41) is 30.9. The zero-order chi connectivity index (χ0) is 62.7. The van der Waals surface area contributed by atoms with E-state index in [1.807, 2.05) is 66.7 Å². The summed E-state index contributed by atoms with van der Waals surface area (Å²) in [7, 11) is 0. The first-order valence-electron chi connectivity index (χ1n) is 27.1. The minimum absolute atomic E-state index is 0. The summed E-state index contributed by atoms with van der Waals surface area (Å²) in [5.74, 6) is -17.5. The molecule has 4 saturated heterocycles. The molecule has 4 aliphatic rings. The number of carbonyl (C=O) groups excluding carboxylic acids is 4. The van der Waals surface area contributed by atoms with Gasteiger partial charge in [0.2, 0.25) is 34.8 Å². The molecule has 486 valence electrons. The van der Waals surface area contributed by atoms with E-state index in [9.17, 15) is 82.5 Å². The van der Waals surface area contributed by atoms with E-state index in [1.54, 1.807) is 29.2 Å². The van der Waals surface area contributed by atoms with Gasteiger partial charge in [-0.2, -0.15) is 35.1 Å². The number of carboxylic acids is 1. The van der Waals surface area contributed by atoms with Crippen LogP contribution in [0.3, 0.4) is 0 Å². The zero-order valence-corrected chi connectivity index (χ0v) is 49.3. The van der Waals surface area contributed by atoms with Gasteiger partial charge in [-0.3, -0.25) is 9.59 Å². The molecule has 2 atom stereocenters. The van der Waals surface area contributed by atoms with Crippen LogP contribution in [0.25, 0.3) is 0 Å². The SMILES string of the molecule is CC(O)(C1CCN(C(=O)OCc2ccccc2)CC1)C(F)(F)F.CC(O)(C1CCNCC1)C(F)(F)F.O=C(O)C1CCN(C(=O)OCc2ccccc2)CC1.O=C(Oc1c(F)c(F)c(F)c(F)c1F)C1CCN(C(=O)OCc2ccccc2)CC1.[CH3-].[Pd]. The van der Waals surface area contributed by atoms with Crippen LogP contribution >= 0.6 is 0 Å². The fraction of sp³-hybridized carbons (Fsp3) is 0.492. The van der Waals surface area contributed by atoms with E-state index in [0.717, 1.165) is 30.5 Å². The van der Waals surface area contributed by atoms with Gasteiger partial charge >= 0.3 is 42.6 Å². The van der Waals surface area contributed by atoms with Gasteiger partial charge in [0.1, 0.15) is 19.8 Å². The number of halogens is 11. The molecular formula is C59H70F11N4O12Pd-. The average Bonchev–Trinajstić information content (AvgIpc) is 2.07. The number of aliphatic hydroxyl groups is 2. The molecule has 4 aromatic rings. The van der Waals surface area contributed by atoms with Gasteiger partial charge in [-0.05, 0) is 107 Å². The van der Waals surface area contributed by atoms with Crippen molar-refractivity contribution in [3.05, 3.63) is 144 Å². The van der Waals surface area contributed by atoms with Crippen molar-refractivity contribution in [2.24, 2.45) is 23.7 Å². The molecule has 4 fully saturated rings. The van der Waals surface area contributed by atoms with Crippen molar-refractivity contribution in [3.63, 3.8) is 0 Å². The van der Waals surface area contributed by atoms with Crippen LogP contribution in [0.15, 0.2) is 91.0 Å². The third-order valence-corrected chi connectivity index (χ3v) is 15.0. The van der Waals surface area contributed by atoms with E-state index < -0.39 is 100 Å². The Morgan fingerprint density at radius 1 is 0.483 bits per heavy atom. The molecule has 0 saturated carbocycles. The summed E-state index contributed by atoms with van der Waals surface area (Å²) in [6, 6.07) is 27.6. The Morgan fingerprint density at radius 2 is 0.770 bits per heavy atom. The number of hydrogen-bond donors (Lipinski definition) is 4. The molecular weight excluding hydrogens is 1270 g/mol. The molecule has 4 N–H and O–H groups in total. The minimum Gasteiger partial charge on any atom is -0.481 e. The number of ether oxygens (including phenoxy) is 4. The largest absolute Gasteiger partial charge is 0.481 e. The Balaban J connectivity index is 0.000000313. The number of nitrogens with zero attached hydrogens (tertiary/aromatic N) is 3. The summed E-state index contributed by atoms with van der Waals surface area (Å²) < 4.78 is 162. The summed E-state index contributed by atoms with van der Waals surface area (Å²) in [6.45, 7) is 4.59. The number of hydrogen-bond acceptors (Lipinski definition) is 12. The number of alkyl halides is 6. The molecule has 0 aliphatic carbocycles. The first-order valence-corrected chi connectivity index (χ1v) is 27.1. The molecule has 4 heterocycles. The van der Waals surface area contributed by atoms with Crippen molar-refractivity contribution in [1.82, 2.24) is 20.0 Å². The van der Waals surface area contributed by atoms with Gasteiger partial charge in [-0.25, -0.2) is 27.6 Å². The van der Waals surface area contributed by atoms with Crippen molar-refractivity contribution < 1.29 is 127 Å². The minimum atomic E-state index is -4.67. The molecule has 0 radical (unpaired) electrons. The molecule has 28 heteroatoms. The molecule has 0 spiro atoms. The van der Waals surface area contributed by atoms with Crippen LogP contribution in [0.4, 0.5) is 62.7 Å². The normalized spacial score (nSPS) is 17.4. The summed E-state index contributed by atoms with van der Waals surface area (Å²) >= 11 is 0. The number of nitrogens with one attached hydrogen (secondary N) is 1. The molecule has 4 aliphatic heterocycles. The van der Waals surface area contributed by atoms with E-state index in [-0.39, 0.29) is 112 Å². The van der Waals surface area contributed by atoms with E-state index in [1.165, 1.54) is 9.80 Å². The van der Waals surface area contributed by atoms with Crippen LogP contribution in [0.2, 0.25) is 0 Å². The monoisotopic (exact) mass is 1340 g/mol. The van der Waals surface area contributed by atoms with Crippen LogP contribution in [0.1, 0.15) is 81.9 Å². The average molecular weight is 1340 g/mol. The maximum atomic E-state index is 13.7. The number of rotatable bonds is 11. The van der Waals surface area contributed by atoms with Gasteiger partial charge in [0, 0.05) is 59.7 Å². The predicted octanol–water partition coefficient (Wildman–Crippen LogP) is 11.6. The number of benzene rings is 4. The number of likely N-dealkylation sites (tertiary alicyclic amines) is 3. The van der Waals surface area contributed by atoms with E-state index in [4.69, 9.17) is 19.3 Å². The first-order chi connectivity index (χ1) is 40.0. The van der Waals surface area contributed by atoms with Gasteiger partial charge in [0.05, 0.1) is 11.8 Å². The smallest absolute Gasteiger partial charge is 0.417 e. The molecule has 3 amide bonds. The van der Waals surface area contributed by atoms with Gasteiger partial charge in [-0.15, -0.1) is 0 Å². The van der Waals surface area contributed by atoms with Crippen molar-refractivity contribution in [2.75, 3.05) is 52.4 Å². The standard InChI is InChI=1S/C20H16F5NO4.C16H20F3NO3.C14H17NO4.C8H14F3NO.CH3.Pd/c21-13-14(22)16(24)18(17(25)15(13)23)30-19(27)12-6-8-26(9-7-12)20(28)29-10-11-4-2-1-3-5-11;1-15(22,16(17,18)19)13-7-9-20(10-8-13)14(21)23-11-12-5-3-2-4-6-12;16-13(17)12-6-8-15(9-7-12)14(18)19-10-11-4-2-1-3-5-11;1-7(13,8(9,10)11)6-2-4-12-5-3-6;;/h1-5,12H,6-10H2;2-6,13,22H,7-11H2,1H3;1-5,12H,6-10H2,(H,16,17);6,12-13H,2-5H2,1H3;1H3;/q;;;;-1;. The number of piperidine rings is 4. The van der Waals surface area contributed by atoms with Crippen molar-refractivity contribution in [1.29, 1.82) is 0 Å². The fourth-order valence-corrected chi connectivity index (χ4v) is 9.37. The molecule has 0 bridgehead atoms. The third-order valence-electron chi connectivity index (χ3n) is 15.0. The maximum Gasteiger partial charge on any atom is 0.417 e. The summed E-state index contributed by atoms with van der Waals surface area (Å²) in [4.78, 5) is 63.1. The predicted molar refractivity (Wildman–Crippen MR) is 288 cm³/mol. The molecule has 87 heavy (non-hydrogen) atoms. The van der Waals surface area contributed by atoms with Crippen LogP contribution < -0.4 is 10.1 Å². The Labute approximate surface area is 509 Å². The summed E-state index contributed by atoms with van der Waals surface area (Å²) in [6.07, 6.45) is -8.60. The van der Waals surface area contributed by atoms with Crippen LogP contribution in [-0.2, 0) is 64.0 Å². The Morgan fingerprint density at radius 3 is 1.08 bits per heavy atom. The van der Waals surface area contributed by atoms with Crippen LogP contribution in [0, 0.1) is 60.2 Å². The van der Waals surface area contributed by atoms with E-state index >= 15 is 0 Å². The van der Waals surface area contributed by atoms with Crippen molar-refractivity contribution >= 4 is 30.2 Å². The number of carboxylic acid groups (broad SMARTS) is 1. The van der Waals surface area contributed by atoms with Gasteiger partial charge in [0.25, 0.3) is 0 Å². The second-order valence-corrected chi connectivity index (χ2v) is 20.9. The van der Waals surface area contributed by atoms with E-state index in [2.05, 4.69) is 10.1 Å². The topological polar surface area (TPSA) is 205 Å². The Bertz CT molecular complexity index is 2770. The quantitative estimate of drug-likeness (QED) is 0.0161. The fourth-order valence-electron chi connectivity index (χ4n) is 9.37. The molecule has 8 rings (SSSR count). The van der Waals surface area contributed by atoms with Crippen molar-refractivity contribution in [2.45, 2.75) is 109 Å².